The number of hydrogen-bond donors (Lipinski definition) is 2. The topological polar surface area (TPSA) is 85.8 Å². The molecule has 0 aliphatic heterocycles. The Kier molecular flexibility index (Phi) is 5.25. The van der Waals surface area contributed by atoms with Gasteiger partial charge in [0, 0.05) is 18.8 Å². The average Bonchev–Trinajstić information content (AvgIpc) is 2.99. The van der Waals surface area contributed by atoms with Crippen LogP contribution in [0.2, 0.25) is 0 Å². The maximum Gasteiger partial charge on any atom is 0.224 e. The molecule has 2 rings (SSSR count). The lowest BCUT2D eigenvalue weighted by molar-refractivity contribution is -0.116. The lowest BCUT2D eigenvalue weighted by atomic mass is 10.2. The van der Waals surface area contributed by atoms with Crippen molar-refractivity contribution < 1.29 is 4.79 Å². The van der Waals surface area contributed by atoms with Gasteiger partial charge in [-0.15, -0.1) is 0 Å². The second kappa shape index (κ2) is 7.40. The number of carbonyl (C=O) groups is 1. The molecule has 0 saturated heterocycles. The van der Waals surface area contributed by atoms with Crippen LogP contribution < -0.4 is 11.1 Å². The largest absolute Gasteiger partial charge is 0.330 e. The molecular formula is C14H19N5O. The molecule has 0 radical (unpaired) electrons. The monoisotopic (exact) mass is 273 g/mol. The molecule has 0 aliphatic rings. The second-order valence-electron chi connectivity index (χ2n) is 4.50. The van der Waals surface area contributed by atoms with Crippen LogP contribution in [0, 0.1) is 0 Å². The minimum absolute atomic E-state index is 0.00987. The van der Waals surface area contributed by atoms with Crippen LogP contribution in [0.15, 0.2) is 36.8 Å². The summed E-state index contributed by atoms with van der Waals surface area (Å²) in [5.74, 6) is 0.728. The summed E-state index contributed by atoms with van der Waals surface area (Å²) in [5, 5.41) is 6.92. The van der Waals surface area contributed by atoms with Crippen LogP contribution in [0.5, 0.6) is 0 Å². The van der Waals surface area contributed by atoms with E-state index in [0.29, 0.717) is 18.7 Å². The molecular weight excluding hydrogens is 254 g/mol. The zero-order valence-corrected chi connectivity index (χ0v) is 11.3. The van der Waals surface area contributed by atoms with Gasteiger partial charge in [-0.05, 0) is 37.6 Å². The van der Waals surface area contributed by atoms with E-state index in [-0.39, 0.29) is 5.91 Å². The summed E-state index contributed by atoms with van der Waals surface area (Å²) in [4.78, 5) is 16.0. The molecule has 106 valence electrons. The third-order valence-electron chi connectivity index (χ3n) is 2.88. The van der Waals surface area contributed by atoms with Gasteiger partial charge in [0.2, 0.25) is 5.91 Å². The number of carbonyl (C=O) groups excluding carboxylic acids is 1. The van der Waals surface area contributed by atoms with E-state index < -0.39 is 0 Å². The number of amides is 1. The lowest BCUT2D eigenvalue weighted by Gasteiger charge is -2.06. The Hall–Kier alpha value is -2.21. The highest BCUT2D eigenvalue weighted by Crippen LogP contribution is 2.10. The Bertz CT molecular complexity index is 521. The van der Waals surface area contributed by atoms with Crippen LogP contribution >= 0.6 is 0 Å². The predicted molar refractivity (Wildman–Crippen MR) is 77.5 cm³/mol. The lowest BCUT2D eigenvalue weighted by Crippen LogP contribution is -2.12. The maximum absolute atomic E-state index is 11.7. The highest BCUT2D eigenvalue weighted by atomic mass is 16.1. The summed E-state index contributed by atoms with van der Waals surface area (Å²) in [6.45, 7) is 0.681. The van der Waals surface area contributed by atoms with Crippen LogP contribution in [0.25, 0.3) is 5.82 Å². The smallest absolute Gasteiger partial charge is 0.224 e. The van der Waals surface area contributed by atoms with Crippen molar-refractivity contribution >= 4 is 11.6 Å². The van der Waals surface area contributed by atoms with Crippen molar-refractivity contribution in [3.63, 3.8) is 0 Å². The number of pyridine rings is 1. The highest BCUT2D eigenvalue weighted by molar-refractivity contribution is 5.90. The highest BCUT2D eigenvalue weighted by Gasteiger charge is 2.03. The van der Waals surface area contributed by atoms with E-state index in [2.05, 4.69) is 15.4 Å². The SMILES string of the molecule is NCCCCCC(=O)Nc1ccc(-n2cccn2)nc1. The fourth-order valence-electron chi connectivity index (χ4n) is 1.83. The number of nitrogens with one attached hydrogen (secondary N) is 1. The van der Waals surface area contributed by atoms with E-state index in [1.807, 2.05) is 24.4 Å². The summed E-state index contributed by atoms with van der Waals surface area (Å²) >= 11 is 0. The molecule has 0 aliphatic carbocycles. The molecule has 0 spiro atoms. The van der Waals surface area contributed by atoms with Gasteiger partial charge in [-0.25, -0.2) is 9.67 Å². The summed E-state index contributed by atoms with van der Waals surface area (Å²) < 4.78 is 1.67. The summed E-state index contributed by atoms with van der Waals surface area (Å²) in [6.07, 6.45) is 8.47. The van der Waals surface area contributed by atoms with Gasteiger partial charge in [-0.1, -0.05) is 6.42 Å². The Morgan fingerprint density at radius 3 is 2.85 bits per heavy atom. The zero-order valence-electron chi connectivity index (χ0n) is 11.3. The van der Waals surface area contributed by atoms with Crippen LogP contribution in [0.1, 0.15) is 25.7 Å². The van der Waals surface area contributed by atoms with Crippen molar-refractivity contribution in [2.45, 2.75) is 25.7 Å². The van der Waals surface area contributed by atoms with Crippen molar-refractivity contribution in [2.75, 3.05) is 11.9 Å². The zero-order chi connectivity index (χ0) is 14.2. The third-order valence-corrected chi connectivity index (χ3v) is 2.88. The predicted octanol–water partition coefficient (Wildman–Crippen LogP) is 1.72. The average molecular weight is 273 g/mol. The third kappa shape index (κ3) is 4.17. The van der Waals surface area contributed by atoms with Gasteiger partial charge in [0.1, 0.15) is 0 Å². The number of rotatable bonds is 7. The first-order valence-corrected chi connectivity index (χ1v) is 6.75. The van der Waals surface area contributed by atoms with Gasteiger partial charge in [0.25, 0.3) is 0 Å². The first-order chi connectivity index (χ1) is 9.79. The number of anilines is 1. The molecule has 2 aromatic heterocycles. The van der Waals surface area contributed by atoms with Crippen LogP contribution in [-0.2, 0) is 4.79 Å². The van der Waals surface area contributed by atoms with E-state index in [1.165, 1.54) is 0 Å². The Balaban J connectivity index is 1.83. The fraction of sp³-hybridized carbons (Fsp3) is 0.357. The molecule has 20 heavy (non-hydrogen) atoms. The molecule has 0 unspecified atom stereocenters. The van der Waals surface area contributed by atoms with E-state index in [1.54, 1.807) is 17.1 Å². The van der Waals surface area contributed by atoms with Gasteiger partial charge in [0.15, 0.2) is 5.82 Å². The molecule has 0 aromatic carbocycles. The van der Waals surface area contributed by atoms with Gasteiger partial charge in [0.05, 0.1) is 11.9 Å². The minimum atomic E-state index is 0.00987. The molecule has 6 nitrogen and oxygen atoms in total. The van der Waals surface area contributed by atoms with Crippen LogP contribution in [0.3, 0.4) is 0 Å². The summed E-state index contributed by atoms with van der Waals surface area (Å²) in [7, 11) is 0. The molecule has 0 saturated carbocycles. The maximum atomic E-state index is 11.7. The Morgan fingerprint density at radius 2 is 2.20 bits per heavy atom. The van der Waals surface area contributed by atoms with E-state index in [4.69, 9.17) is 5.73 Å². The van der Waals surface area contributed by atoms with E-state index >= 15 is 0 Å². The first-order valence-electron chi connectivity index (χ1n) is 6.75. The van der Waals surface area contributed by atoms with Crippen molar-refractivity contribution in [1.82, 2.24) is 14.8 Å². The quantitative estimate of drug-likeness (QED) is 0.752. The first kappa shape index (κ1) is 14.2. The Labute approximate surface area is 118 Å². The Morgan fingerprint density at radius 1 is 1.30 bits per heavy atom. The van der Waals surface area contributed by atoms with Crippen LogP contribution in [0.4, 0.5) is 5.69 Å². The van der Waals surface area contributed by atoms with Gasteiger partial charge in [-0.2, -0.15) is 5.10 Å². The molecule has 0 bridgehead atoms. The van der Waals surface area contributed by atoms with Crippen molar-refractivity contribution in [3.8, 4) is 5.82 Å². The van der Waals surface area contributed by atoms with Crippen molar-refractivity contribution in [1.29, 1.82) is 0 Å². The minimum Gasteiger partial charge on any atom is -0.330 e. The number of nitrogens with zero attached hydrogens (tertiary/aromatic N) is 3. The number of unbranched alkanes of at least 4 members (excludes halogenated alkanes) is 2. The van der Waals surface area contributed by atoms with Gasteiger partial charge < -0.3 is 11.1 Å². The second-order valence-corrected chi connectivity index (χ2v) is 4.50. The van der Waals surface area contributed by atoms with Crippen LogP contribution in [-0.4, -0.2) is 27.2 Å². The summed E-state index contributed by atoms with van der Waals surface area (Å²) in [6, 6.07) is 5.47. The van der Waals surface area contributed by atoms with E-state index in [9.17, 15) is 4.79 Å². The molecule has 2 heterocycles. The number of aromatic nitrogens is 3. The van der Waals surface area contributed by atoms with Gasteiger partial charge in [-0.3, -0.25) is 4.79 Å². The molecule has 6 heteroatoms. The molecule has 1 amide bonds. The standard InChI is InChI=1S/C14H19N5O/c15-8-3-1-2-5-14(20)18-12-6-7-13(16-11-12)19-10-4-9-17-19/h4,6-7,9-11H,1-3,5,8,15H2,(H,18,20). The normalized spacial score (nSPS) is 10.4. The van der Waals surface area contributed by atoms with E-state index in [0.717, 1.165) is 25.1 Å². The molecule has 3 N–H and O–H groups in total. The molecule has 0 fully saturated rings. The van der Waals surface area contributed by atoms with Gasteiger partial charge >= 0.3 is 0 Å². The molecule has 2 aromatic rings. The number of nitrogens with two attached hydrogens (primary N) is 1. The summed E-state index contributed by atoms with van der Waals surface area (Å²) in [5.41, 5.74) is 6.11. The fourth-order valence-corrected chi connectivity index (χ4v) is 1.83. The number of hydrogen-bond acceptors (Lipinski definition) is 4. The molecule has 0 atom stereocenters. The van der Waals surface area contributed by atoms with Crippen molar-refractivity contribution in [3.05, 3.63) is 36.8 Å². The van der Waals surface area contributed by atoms with Crippen molar-refractivity contribution in [2.24, 2.45) is 5.73 Å².